The summed E-state index contributed by atoms with van der Waals surface area (Å²) < 4.78 is 10.8. The molecule has 41 heavy (non-hydrogen) atoms. The number of nitrogens with one attached hydrogen (secondary N) is 3. The first-order chi connectivity index (χ1) is 19.7. The molecule has 0 radical (unpaired) electrons. The van der Waals surface area contributed by atoms with Crippen molar-refractivity contribution in [3.05, 3.63) is 76.2 Å². The summed E-state index contributed by atoms with van der Waals surface area (Å²) in [6, 6.07) is 15.8. The van der Waals surface area contributed by atoms with Gasteiger partial charge in [-0.1, -0.05) is 18.2 Å². The number of hydrogen-bond acceptors (Lipinski definition) is 8. The number of carbonyl (C=O) groups excluding carboxylic acids is 1. The van der Waals surface area contributed by atoms with Crippen molar-refractivity contribution in [1.82, 2.24) is 0 Å². The summed E-state index contributed by atoms with van der Waals surface area (Å²) in [4.78, 5) is 31.2. The van der Waals surface area contributed by atoms with E-state index in [1.807, 2.05) is 56.3 Å². The van der Waals surface area contributed by atoms with E-state index in [2.05, 4.69) is 5.32 Å². The molecular weight excluding hydrogens is 542 g/mol. The minimum absolute atomic E-state index is 0.0564. The molecule has 4 rings (SSSR count). The number of ether oxygens (including phenoxy) is 2. The number of aliphatic carboxylic acids is 1. The predicted molar refractivity (Wildman–Crippen MR) is 162 cm³/mol. The Morgan fingerprint density at radius 1 is 1.10 bits per heavy atom. The van der Waals surface area contributed by atoms with Crippen LogP contribution in [0.4, 0.5) is 10.7 Å². The minimum atomic E-state index is -1.00. The quantitative estimate of drug-likeness (QED) is 0.139. The Morgan fingerprint density at radius 2 is 1.80 bits per heavy atom. The predicted octanol–water partition coefficient (Wildman–Crippen LogP) is 5.26. The van der Waals surface area contributed by atoms with Gasteiger partial charge in [0.05, 0.1) is 25.3 Å². The molecule has 11 heteroatoms. The lowest BCUT2D eigenvalue weighted by molar-refractivity contribution is -0.142. The molecule has 10 nitrogen and oxygen atoms in total. The highest BCUT2D eigenvalue weighted by Gasteiger charge is 2.34. The van der Waals surface area contributed by atoms with Crippen LogP contribution in [-0.4, -0.2) is 60.2 Å². The molecule has 0 spiro atoms. The second-order valence-corrected chi connectivity index (χ2v) is 10.8. The summed E-state index contributed by atoms with van der Waals surface area (Å²) in [6.07, 6.45) is 0.491. The first-order valence-corrected chi connectivity index (χ1v) is 14.0. The normalized spacial score (nSPS) is 14.6. The van der Waals surface area contributed by atoms with E-state index in [-0.39, 0.29) is 37.2 Å². The van der Waals surface area contributed by atoms with Gasteiger partial charge < -0.3 is 19.9 Å². The van der Waals surface area contributed by atoms with E-state index >= 15 is 0 Å². The number of thiophene rings is 1. The van der Waals surface area contributed by atoms with Crippen molar-refractivity contribution in [3.8, 4) is 5.75 Å². The Hall–Kier alpha value is -4.35. The van der Waals surface area contributed by atoms with E-state index < -0.39 is 12.0 Å². The summed E-state index contributed by atoms with van der Waals surface area (Å²) in [7, 11) is 0. The molecule has 0 fully saturated rings. The van der Waals surface area contributed by atoms with Crippen LogP contribution >= 0.6 is 11.3 Å². The number of para-hydroxylation sites is 1. The van der Waals surface area contributed by atoms with Crippen molar-refractivity contribution >= 4 is 51.3 Å². The Labute approximate surface area is 242 Å². The maximum Gasteiger partial charge on any atom is 0.329 e. The molecule has 3 aromatic rings. The van der Waals surface area contributed by atoms with Gasteiger partial charge in [-0.25, -0.2) is 4.79 Å². The summed E-state index contributed by atoms with van der Waals surface area (Å²) in [5, 5.41) is 29.8. The molecule has 0 saturated heterocycles. The molecule has 1 aliphatic heterocycles. The molecule has 1 aliphatic rings. The number of carboxylic acids is 1. The van der Waals surface area contributed by atoms with Gasteiger partial charge in [-0.15, -0.1) is 11.3 Å². The molecule has 4 N–H and O–H groups in total. The maximum atomic E-state index is 13.0. The number of carboxylic acid groups (broad SMARTS) is 1. The fourth-order valence-corrected chi connectivity index (χ4v) is 5.63. The van der Waals surface area contributed by atoms with Crippen LogP contribution in [0.15, 0.2) is 59.6 Å². The molecule has 1 atom stereocenters. The third-order valence-corrected chi connectivity index (χ3v) is 7.67. The van der Waals surface area contributed by atoms with Gasteiger partial charge in [0.15, 0.2) is 0 Å². The highest BCUT2D eigenvalue weighted by Crippen LogP contribution is 2.40. The molecule has 0 aliphatic carbocycles. The fourth-order valence-electron chi connectivity index (χ4n) is 4.41. The van der Waals surface area contributed by atoms with E-state index in [1.54, 1.807) is 24.0 Å². The van der Waals surface area contributed by atoms with Crippen LogP contribution in [-0.2, 0) is 14.3 Å². The standard InChI is InChI=1S/C30H33N5O5S/c1-18-19(2)41-30-27(18)28(21-10-12-23(13-11-21)40-15-7-14-39-17-26(37)38)34-24(29(32)35(30)20(3)31)16-25(36)33-22-8-5-4-6-9-22/h4-6,8-13,24,31-32H,7,14-17H2,1-3H3,(H,33,36)(H,37,38)/t24-/m0/s1. The molecule has 0 bridgehead atoms. The third kappa shape index (κ3) is 7.24. The topological polar surface area (TPSA) is 148 Å². The van der Waals surface area contributed by atoms with E-state index in [9.17, 15) is 9.59 Å². The van der Waals surface area contributed by atoms with E-state index in [4.69, 9.17) is 30.4 Å². The third-order valence-electron chi connectivity index (χ3n) is 6.47. The van der Waals surface area contributed by atoms with E-state index in [0.29, 0.717) is 30.2 Å². The highest BCUT2D eigenvalue weighted by molar-refractivity contribution is 7.17. The van der Waals surface area contributed by atoms with Crippen LogP contribution in [0.5, 0.6) is 5.75 Å². The Kier molecular flexibility index (Phi) is 9.64. The van der Waals surface area contributed by atoms with Gasteiger partial charge in [-0.3, -0.25) is 25.5 Å². The van der Waals surface area contributed by atoms with Crippen molar-refractivity contribution in [2.24, 2.45) is 4.99 Å². The average Bonchev–Trinajstić information content (AvgIpc) is 3.15. The van der Waals surface area contributed by atoms with Crippen molar-refractivity contribution < 1.29 is 24.2 Å². The number of fused-ring (bicyclic) bond motifs is 1. The number of benzene rings is 2. The average molecular weight is 576 g/mol. The smallest absolute Gasteiger partial charge is 0.329 e. The molecule has 1 amide bonds. The number of amides is 1. The number of amidine groups is 2. The molecular formula is C30H33N5O5S. The van der Waals surface area contributed by atoms with Crippen molar-refractivity contribution in [1.29, 1.82) is 10.8 Å². The Bertz CT molecular complexity index is 1470. The monoisotopic (exact) mass is 575 g/mol. The molecule has 1 aromatic heterocycles. The molecule has 2 heterocycles. The van der Waals surface area contributed by atoms with Gasteiger partial charge in [-0.2, -0.15) is 0 Å². The van der Waals surface area contributed by atoms with E-state index in [0.717, 1.165) is 26.6 Å². The lowest BCUT2D eigenvalue weighted by atomic mass is 9.99. The fraction of sp³-hybridized carbons (Fsp3) is 0.300. The van der Waals surface area contributed by atoms with Crippen molar-refractivity contribution in [2.45, 2.75) is 39.7 Å². The Morgan fingerprint density at radius 3 is 2.46 bits per heavy atom. The second-order valence-electron chi connectivity index (χ2n) is 9.55. The van der Waals surface area contributed by atoms with Gasteiger partial charge in [-0.05, 0) is 62.7 Å². The molecule has 0 saturated carbocycles. The summed E-state index contributed by atoms with van der Waals surface area (Å²) >= 11 is 1.50. The summed E-state index contributed by atoms with van der Waals surface area (Å²) in [5.74, 6) is -0.383. The van der Waals surface area contributed by atoms with Crippen LogP contribution in [0, 0.1) is 24.7 Å². The Balaban J connectivity index is 1.62. The number of carbonyl (C=O) groups is 2. The molecule has 0 unspecified atom stereocenters. The number of aliphatic imine (C=N–C) groups is 1. The zero-order valence-electron chi connectivity index (χ0n) is 23.2. The zero-order chi connectivity index (χ0) is 29.5. The molecule has 2 aromatic carbocycles. The second kappa shape index (κ2) is 13.3. The number of aryl methyl sites for hydroxylation is 1. The van der Waals surface area contributed by atoms with Crippen LogP contribution in [0.25, 0.3) is 0 Å². The van der Waals surface area contributed by atoms with Crippen molar-refractivity contribution in [2.75, 3.05) is 30.0 Å². The number of nitrogens with zero attached hydrogens (tertiary/aromatic N) is 2. The first kappa shape index (κ1) is 29.6. The van der Waals surface area contributed by atoms with E-state index in [1.165, 1.54) is 11.3 Å². The van der Waals surface area contributed by atoms with Crippen LogP contribution < -0.4 is 15.0 Å². The SMILES string of the molecule is CC(=N)N1C(=N)[C@H](CC(=O)Nc2ccccc2)N=C(c2ccc(OCCCOCC(=O)O)cc2)c2c1sc(C)c2C. The van der Waals surface area contributed by atoms with Gasteiger partial charge in [0.2, 0.25) is 5.91 Å². The molecule has 214 valence electrons. The zero-order valence-corrected chi connectivity index (χ0v) is 24.0. The summed E-state index contributed by atoms with van der Waals surface area (Å²) in [5.41, 5.74) is 3.98. The van der Waals surface area contributed by atoms with Crippen LogP contribution in [0.3, 0.4) is 0 Å². The van der Waals surface area contributed by atoms with Gasteiger partial charge >= 0.3 is 5.97 Å². The number of rotatable bonds is 11. The van der Waals surface area contributed by atoms with Crippen LogP contribution in [0.2, 0.25) is 0 Å². The maximum absolute atomic E-state index is 13.0. The first-order valence-electron chi connectivity index (χ1n) is 13.1. The summed E-state index contributed by atoms with van der Waals surface area (Å²) in [6.45, 7) is 5.98. The largest absolute Gasteiger partial charge is 0.494 e. The van der Waals surface area contributed by atoms with Gasteiger partial charge in [0.1, 0.15) is 35.1 Å². The van der Waals surface area contributed by atoms with Gasteiger partial charge in [0.25, 0.3) is 0 Å². The highest BCUT2D eigenvalue weighted by atomic mass is 32.1. The van der Waals surface area contributed by atoms with Crippen molar-refractivity contribution in [3.63, 3.8) is 0 Å². The lowest BCUT2D eigenvalue weighted by Crippen LogP contribution is -2.41. The minimum Gasteiger partial charge on any atom is -0.494 e. The van der Waals surface area contributed by atoms with Crippen LogP contribution in [0.1, 0.15) is 41.3 Å². The lowest BCUT2D eigenvalue weighted by Gasteiger charge is -2.24. The number of hydrogen-bond donors (Lipinski definition) is 4. The van der Waals surface area contributed by atoms with Gasteiger partial charge in [0, 0.05) is 28.1 Å². The number of anilines is 2.